The first kappa shape index (κ1) is 18.1. The van der Waals surface area contributed by atoms with Crippen LogP contribution in [0.15, 0.2) is 12.1 Å². The summed E-state index contributed by atoms with van der Waals surface area (Å²) in [5.74, 6) is -5.29. The number of carbonyl (C=O) groups is 2. The third-order valence-electron chi connectivity index (χ3n) is 3.92. The van der Waals surface area contributed by atoms with Crippen molar-refractivity contribution in [3.8, 4) is 0 Å². The molecule has 1 aromatic carbocycles. The van der Waals surface area contributed by atoms with Crippen molar-refractivity contribution in [3.63, 3.8) is 0 Å². The first-order valence-corrected chi connectivity index (χ1v) is 7.91. The standard InChI is InChI=1S/C16H20F3N3O2/c1-2-7-20-16(24)22-8-5-10(6-9-22)21-15(23)11-3-4-12(17)14(19)13(11)18/h3-4,10H,2,5-9H2,1H3,(H,20,24)(H,21,23). The van der Waals surface area contributed by atoms with Crippen LogP contribution in [0.4, 0.5) is 18.0 Å². The second kappa shape index (κ2) is 8.03. The quantitative estimate of drug-likeness (QED) is 0.825. The van der Waals surface area contributed by atoms with Crippen LogP contribution >= 0.6 is 0 Å². The van der Waals surface area contributed by atoms with E-state index in [1.165, 1.54) is 0 Å². The number of amides is 3. The number of likely N-dealkylation sites (tertiary alicyclic amines) is 1. The van der Waals surface area contributed by atoms with Crippen LogP contribution in [0.25, 0.3) is 0 Å². The Hall–Kier alpha value is -2.25. The van der Waals surface area contributed by atoms with E-state index in [4.69, 9.17) is 0 Å². The summed E-state index contributed by atoms with van der Waals surface area (Å²) in [6, 6.07) is 1.23. The van der Waals surface area contributed by atoms with Crippen LogP contribution in [0.2, 0.25) is 0 Å². The lowest BCUT2D eigenvalue weighted by molar-refractivity contribution is 0.0912. The Morgan fingerprint density at radius 2 is 1.83 bits per heavy atom. The molecule has 0 radical (unpaired) electrons. The zero-order valence-corrected chi connectivity index (χ0v) is 13.4. The highest BCUT2D eigenvalue weighted by Crippen LogP contribution is 2.16. The van der Waals surface area contributed by atoms with Crippen LogP contribution < -0.4 is 10.6 Å². The number of benzene rings is 1. The summed E-state index contributed by atoms with van der Waals surface area (Å²) < 4.78 is 39.7. The van der Waals surface area contributed by atoms with Crippen molar-refractivity contribution in [3.05, 3.63) is 35.1 Å². The second-order valence-corrected chi connectivity index (χ2v) is 5.69. The Bertz CT molecular complexity index is 617. The summed E-state index contributed by atoms with van der Waals surface area (Å²) >= 11 is 0. The van der Waals surface area contributed by atoms with Gasteiger partial charge in [0.25, 0.3) is 5.91 Å². The van der Waals surface area contributed by atoms with Crippen LogP contribution in [0.5, 0.6) is 0 Å². The van der Waals surface area contributed by atoms with Gasteiger partial charge in [-0.1, -0.05) is 6.92 Å². The highest BCUT2D eigenvalue weighted by Gasteiger charge is 2.25. The number of halogens is 3. The third-order valence-corrected chi connectivity index (χ3v) is 3.92. The molecule has 0 aliphatic carbocycles. The van der Waals surface area contributed by atoms with Gasteiger partial charge in [-0.05, 0) is 31.4 Å². The van der Waals surface area contributed by atoms with Crippen LogP contribution in [-0.2, 0) is 0 Å². The van der Waals surface area contributed by atoms with Crippen molar-refractivity contribution in [2.45, 2.75) is 32.2 Å². The van der Waals surface area contributed by atoms with Gasteiger partial charge in [0.05, 0.1) is 5.56 Å². The third kappa shape index (κ3) is 4.18. The van der Waals surface area contributed by atoms with E-state index in [2.05, 4.69) is 10.6 Å². The molecule has 1 aliphatic heterocycles. The zero-order valence-electron chi connectivity index (χ0n) is 13.4. The van der Waals surface area contributed by atoms with Gasteiger partial charge in [-0.15, -0.1) is 0 Å². The van der Waals surface area contributed by atoms with E-state index in [0.29, 0.717) is 38.5 Å². The summed E-state index contributed by atoms with van der Waals surface area (Å²) in [4.78, 5) is 25.5. The normalized spacial score (nSPS) is 15.2. The van der Waals surface area contributed by atoms with E-state index in [1.807, 2.05) is 6.92 Å². The molecule has 0 bridgehead atoms. The maximum Gasteiger partial charge on any atom is 0.317 e. The largest absolute Gasteiger partial charge is 0.349 e. The Morgan fingerprint density at radius 1 is 1.17 bits per heavy atom. The number of hydrogen-bond donors (Lipinski definition) is 2. The van der Waals surface area contributed by atoms with Gasteiger partial charge in [0.2, 0.25) is 0 Å². The molecule has 0 spiro atoms. The number of urea groups is 1. The van der Waals surface area contributed by atoms with Gasteiger partial charge < -0.3 is 15.5 Å². The predicted molar refractivity (Wildman–Crippen MR) is 82.1 cm³/mol. The fraction of sp³-hybridized carbons (Fsp3) is 0.500. The summed E-state index contributed by atoms with van der Waals surface area (Å²) in [7, 11) is 0. The van der Waals surface area contributed by atoms with Crippen LogP contribution in [0, 0.1) is 17.5 Å². The maximum absolute atomic E-state index is 13.6. The van der Waals surface area contributed by atoms with Gasteiger partial charge in [0, 0.05) is 25.7 Å². The van der Waals surface area contributed by atoms with Crippen LogP contribution in [-0.4, -0.2) is 42.5 Å². The number of rotatable bonds is 4. The molecular formula is C16H20F3N3O2. The lowest BCUT2D eigenvalue weighted by Crippen LogP contribution is -2.49. The molecule has 24 heavy (non-hydrogen) atoms. The lowest BCUT2D eigenvalue weighted by Gasteiger charge is -2.32. The van der Waals surface area contributed by atoms with Crippen molar-refractivity contribution in [2.75, 3.05) is 19.6 Å². The Morgan fingerprint density at radius 3 is 2.46 bits per heavy atom. The Balaban J connectivity index is 1.89. The van der Waals surface area contributed by atoms with Gasteiger partial charge in [-0.25, -0.2) is 18.0 Å². The van der Waals surface area contributed by atoms with Gasteiger partial charge in [-0.3, -0.25) is 4.79 Å². The van der Waals surface area contributed by atoms with Crippen molar-refractivity contribution >= 4 is 11.9 Å². The smallest absolute Gasteiger partial charge is 0.317 e. The highest BCUT2D eigenvalue weighted by atomic mass is 19.2. The van der Waals surface area contributed by atoms with E-state index in [1.54, 1.807) is 4.90 Å². The molecule has 132 valence electrons. The summed E-state index contributed by atoms with van der Waals surface area (Å²) in [6.07, 6.45) is 1.87. The molecule has 0 aromatic heterocycles. The second-order valence-electron chi connectivity index (χ2n) is 5.69. The molecule has 2 rings (SSSR count). The van der Waals surface area contributed by atoms with E-state index >= 15 is 0 Å². The number of nitrogens with zero attached hydrogens (tertiary/aromatic N) is 1. The molecule has 1 aliphatic rings. The molecule has 0 atom stereocenters. The minimum Gasteiger partial charge on any atom is -0.349 e. The van der Waals surface area contributed by atoms with E-state index in [0.717, 1.165) is 12.5 Å². The molecule has 5 nitrogen and oxygen atoms in total. The number of nitrogens with one attached hydrogen (secondary N) is 2. The number of piperidine rings is 1. The summed E-state index contributed by atoms with van der Waals surface area (Å²) in [5.41, 5.74) is -0.531. The summed E-state index contributed by atoms with van der Waals surface area (Å²) in [5, 5.41) is 5.37. The van der Waals surface area contributed by atoms with Crippen LogP contribution in [0.1, 0.15) is 36.5 Å². The number of carbonyl (C=O) groups excluding carboxylic acids is 2. The molecule has 0 unspecified atom stereocenters. The monoisotopic (exact) mass is 343 g/mol. The zero-order chi connectivity index (χ0) is 17.7. The average Bonchev–Trinajstić information content (AvgIpc) is 2.58. The molecule has 8 heteroatoms. The van der Waals surface area contributed by atoms with E-state index in [9.17, 15) is 22.8 Å². The van der Waals surface area contributed by atoms with Crippen molar-refractivity contribution in [2.24, 2.45) is 0 Å². The Labute approximate surface area is 138 Å². The van der Waals surface area contributed by atoms with Crippen molar-refractivity contribution < 1.29 is 22.8 Å². The predicted octanol–water partition coefficient (Wildman–Crippen LogP) is 2.42. The molecule has 0 saturated carbocycles. The summed E-state index contributed by atoms with van der Waals surface area (Å²) in [6.45, 7) is 3.48. The van der Waals surface area contributed by atoms with Gasteiger partial charge in [-0.2, -0.15) is 0 Å². The Kier molecular flexibility index (Phi) is 6.05. The van der Waals surface area contributed by atoms with E-state index < -0.39 is 28.9 Å². The van der Waals surface area contributed by atoms with E-state index in [-0.39, 0.29) is 12.1 Å². The van der Waals surface area contributed by atoms with Crippen molar-refractivity contribution in [1.29, 1.82) is 0 Å². The molecule has 1 saturated heterocycles. The van der Waals surface area contributed by atoms with Gasteiger partial charge >= 0.3 is 6.03 Å². The van der Waals surface area contributed by atoms with Crippen LogP contribution in [0.3, 0.4) is 0 Å². The maximum atomic E-state index is 13.6. The molecule has 1 fully saturated rings. The first-order valence-electron chi connectivity index (χ1n) is 7.91. The fourth-order valence-corrected chi connectivity index (χ4v) is 2.54. The van der Waals surface area contributed by atoms with Gasteiger partial charge in [0.1, 0.15) is 0 Å². The SMILES string of the molecule is CCCNC(=O)N1CCC(NC(=O)c2ccc(F)c(F)c2F)CC1. The molecule has 1 heterocycles. The number of hydrogen-bond acceptors (Lipinski definition) is 2. The minimum atomic E-state index is -1.66. The molecule has 1 aromatic rings. The topological polar surface area (TPSA) is 61.4 Å². The highest BCUT2D eigenvalue weighted by molar-refractivity contribution is 5.94. The average molecular weight is 343 g/mol. The molecule has 3 amide bonds. The van der Waals surface area contributed by atoms with Crippen molar-refractivity contribution in [1.82, 2.24) is 15.5 Å². The fourth-order valence-electron chi connectivity index (χ4n) is 2.54. The van der Waals surface area contributed by atoms with Gasteiger partial charge in [0.15, 0.2) is 17.5 Å². The first-order chi connectivity index (χ1) is 11.4. The lowest BCUT2D eigenvalue weighted by atomic mass is 10.0. The molecule has 2 N–H and O–H groups in total. The molecular weight excluding hydrogens is 323 g/mol. The minimum absolute atomic E-state index is 0.145.